The molecule has 1 atom stereocenters. The van der Waals surface area contributed by atoms with Gasteiger partial charge in [-0.3, -0.25) is 0 Å². The van der Waals surface area contributed by atoms with E-state index in [1.807, 2.05) is 24.3 Å². The van der Waals surface area contributed by atoms with E-state index in [4.69, 9.17) is 11.6 Å². The van der Waals surface area contributed by atoms with Crippen molar-refractivity contribution in [3.8, 4) is 0 Å². The molecule has 9 heteroatoms. The molecule has 1 aromatic heterocycles. The normalized spacial score (nSPS) is 17.0. The highest BCUT2D eigenvalue weighted by Gasteiger charge is 2.30. The number of hydrogen-bond acceptors (Lipinski definition) is 3. The summed E-state index contributed by atoms with van der Waals surface area (Å²) < 4.78 is 27.7. The van der Waals surface area contributed by atoms with Crippen LogP contribution in [0.4, 0.5) is 10.5 Å². The van der Waals surface area contributed by atoms with Crippen LogP contribution in [0.3, 0.4) is 0 Å². The number of halogens is 1. The van der Waals surface area contributed by atoms with Gasteiger partial charge < -0.3 is 15.2 Å². The van der Waals surface area contributed by atoms with Gasteiger partial charge in [0.2, 0.25) is 10.0 Å². The number of H-pyrrole nitrogens is 1. The summed E-state index contributed by atoms with van der Waals surface area (Å²) >= 11 is 5.90. The average Bonchev–Trinajstić information content (AvgIpc) is 3.34. The molecule has 0 saturated carbocycles. The van der Waals surface area contributed by atoms with Gasteiger partial charge in [0.25, 0.3) is 0 Å². The van der Waals surface area contributed by atoms with Gasteiger partial charge in [0, 0.05) is 41.3 Å². The van der Waals surface area contributed by atoms with Gasteiger partial charge in [-0.05, 0) is 37.1 Å². The zero-order valence-electron chi connectivity index (χ0n) is 15.6. The first-order chi connectivity index (χ1) is 13.9. The van der Waals surface area contributed by atoms with Crippen molar-refractivity contribution in [3.63, 3.8) is 0 Å². The summed E-state index contributed by atoms with van der Waals surface area (Å²) in [5.41, 5.74) is 1.64. The molecule has 1 aliphatic heterocycles. The number of likely N-dealkylation sites (tertiary alicyclic amines) is 1. The molecule has 3 aromatic rings. The van der Waals surface area contributed by atoms with Crippen LogP contribution in [0.5, 0.6) is 0 Å². The summed E-state index contributed by atoms with van der Waals surface area (Å²) in [6.07, 6.45) is 3.32. The summed E-state index contributed by atoms with van der Waals surface area (Å²) in [5.74, 6) is 0. The highest BCUT2D eigenvalue weighted by molar-refractivity contribution is 7.89. The van der Waals surface area contributed by atoms with Crippen LogP contribution in [-0.4, -0.2) is 43.5 Å². The van der Waals surface area contributed by atoms with Crippen LogP contribution in [0.25, 0.3) is 10.9 Å². The van der Waals surface area contributed by atoms with Crippen molar-refractivity contribution < 1.29 is 13.2 Å². The summed E-state index contributed by atoms with van der Waals surface area (Å²) in [4.78, 5) is 17.7. The standard InChI is InChI=1S/C20H21ClN4O3S/c21-14-5-3-7-16(11-14)29(27,28)23-12-15-6-4-10-25(15)20(26)24-19-13-22-18-9-2-1-8-17(18)19/h1-3,5,7-9,11,13,15,22-23H,4,6,10,12H2,(H,24,26)/t15-/m0/s1. The number of para-hydroxylation sites is 1. The summed E-state index contributed by atoms with van der Waals surface area (Å²) in [6.45, 7) is 0.730. The quantitative estimate of drug-likeness (QED) is 0.572. The minimum atomic E-state index is -3.70. The number of rotatable bonds is 5. The van der Waals surface area contributed by atoms with Crippen molar-refractivity contribution >= 4 is 44.2 Å². The van der Waals surface area contributed by atoms with Gasteiger partial charge in [-0.2, -0.15) is 0 Å². The third-order valence-electron chi connectivity index (χ3n) is 5.08. The number of urea groups is 1. The SMILES string of the molecule is O=C(Nc1c[nH]c2ccccc12)N1CCC[C@H]1CNS(=O)(=O)c1cccc(Cl)c1. The predicted molar refractivity (Wildman–Crippen MR) is 114 cm³/mol. The second-order valence-electron chi connectivity index (χ2n) is 6.98. The number of aromatic amines is 1. The molecular formula is C20H21ClN4O3S. The molecule has 2 aromatic carbocycles. The smallest absolute Gasteiger partial charge is 0.322 e. The lowest BCUT2D eigenvalue weighted by Gasteiger charge is -2.25. The number of benzene rings is 2. The number of carbonyl (C=O) groups excluding carboxylic acids is 1. The maximum atomic E-state index is 12.8. The minimum Gasteiger partial charge on any atom is -0.359 e. The van der Waals surface area contributed by atoms with E-state index in [0.717, 1.165) is 23.7 Å². The maximum absolute atomic E-state index is 12.8. The molecule has 0 bridgehead atoms. The van der Waals surface area contributed by atoms with Crippen molar-refractivity contribution in [1.82, 2.24) is 14.6 Å². The number of aromatic nitrogens is 1. The van der Waals surface area contributed by atoms with E-state index in [2.05, 4.69) is 15.0 Å². The largest absolute Gasteiger partial charge is 0.359 e. The van der Waals surface area contributed by atoms with Crippen LogP contribution < -0.4 is 10.0 Å². The van der Waals surface area contributed by atoms with Crippen molar-refractivity contribution in [3.05, 3.63) is 59.8 Å². The minimum absolute atomic E-state index is 0.109. The predicted octanol–water partition coefficient (Wildman–Crippen LogP) is 3.80. The third kappa shape index (κ3) is 4.24. The fourth-order valence-corrected chi connectivity index (χ4v) is 4.97. The van der Waals surface area contributed by atoms with Gasteiger partial charge in [0.15, 0.2) is 0 Å². The molecule has 4 rings (SSSR count). The number of fused-ring (bicyclic) bond motifs is 1. The Morgan fingerprint density at radius 2 is 2.03 bits per heavy atom. The molecule has 2 amide bonds. The Labute approximate surface area is 174 Å². The lowest BCUT2D eigenvalue weighted by atomic mass is 10.2. The Bertz CT molecular complexity index is 1150. The van der Waals surface area contributed by atoms with Crippen molar-refractivity contribution in [1.29, 1.82) is 0 Å². The van der Waals surface area contributed by atoms with Gasteiger partial charge in [0.05, 0.1) is 10.6 Å². The second-order valence-corrected chi connectivity index (χ2v) is 9.18. The summed E-state index contributed by atoms with van der Waals surface area (Å²) in [7, 11) is -3.70. The molecule has 0 spiro atoms. The fraction of sp³-hybridized carbons (Fsp3) is 0.250. The molecule has 0 aliphatic carbocycles. The Morgan fingerprint density at radius 1 is 1.21 bits per heavy atom. The van der Waals surface area contributed by atoms with Crippen LogP contribution in [0.2, 0.25) is 5.02 Å². The monoisotopic (exact) mass is 432 g/mol. The average molecular weight is 433 g/mol. The van der Waals surface area contributed by atoms with Crippen LogP contribution >= 0.6 is 11.6 Å². The zero-order valence-corrected chi connectivity index (χ0v) is 17.1. The molecule has 29 heavy (non-hydrogen) atoms. The first-order valence-electron chi connectivity index (χ1n) is 9.33. The van der Waals surface area contributed by atoms with Crippen LogP contribution in [0.1, 0.15) is 12.8 Å². The highest BCUT2D eigenvalue weighted by Crippen LogP contribution is 2.25. The number of amides is 2. The Hall–Kier alpha value is -2.55. The van der Waals surface area contributed by atoms with Crippen LogP contribution in [0.15, 0.2) is 59.6 Å². The molecule has 7 nitrogen and oxygen atoms in total. The van der Waals surface area contributed by atoms with Gasteiger partial charge in [-0.1, -0.05) is 35.9 Å². The van der Waals surface area contributed by atoms with E-state index in [1.54, 1.807) is 23.2 Å². The van der Waals surface area contributed by atoms with E-state index in [0.29, 0.717) is 17.3 Å². The van der Waals surface area contributed by atoms with E-state index >= 15 is 0 Å². The summed E-state index contributed by atoms with van der Waals surface area (Å²) in [6, 6.07) is 13.4. The maximum Gasteiger partial charge on any atom is 0.322 e. The second kappa shape index (κ2) is 8.06. The van der Waals surface area contributed by atoms with Crippen LogP contribution in [-0.2, 0) is 10.0 Å². The molecule has 1 fully saturated rings. The van der Waals surface area contributed by atoms with Crippen molar-refractivity contribution in [2.75, 3.05) is 18.4 Å². The molecule has 3 N–H and O–H groups in total. The molecule has 0 radical (unpaired) electrons. The van der Waals surface area contributed by atoms with E-state index in [9.17, 15) is 13.2 Å². The number of hydrogen-bond donors (Lipinski definition) is 3. The molecule has 2 heterocycles. The summed E-state index contributed by atoms with van der Waals surface area (Å²) in [5, 5.41) is 4.22. The highest BCUT2D eigenvalue weighted by atomic mass is 35.5. The third-order valence-corrected chi connectivity index (χ3v) is 6.74. The number of nitrogens with zero attached hydrogens (tertiary/aromatic N) is 1. The van der Waals surface area contributed by atoms with Gasteiger partial charge in [-0.15, -0.1) is 0 Å². The van der Waals surface area contributed by atoms with Crippen molar-refractivity contribution in [2.24, 2.45) is 0 Å². The molecule has 152 valence electrons. The number of anilines is 1. The number of sulfonamides is 1. The van der Waals surface area contributed by atoms with Gasteiger partial charge in [-0.25, -0.2) is 17.9 Å². The molecular weight excluding hydrogens is 412 g/mol. The van der Waals surface area contributed by atoms with Crippen LogP contribution in [0, 0.1) is 0 Å². The molecule has 0 unspecified atom stereocenters. The topological polar surface area (TPSA) is 94.3 Å². The van der Waals surface area contributed by atoms with Crippen molar-refractivity contribution in [2.45, 2.75) is 23.8 Å². The fourth-order valence-electron chi connectivity index (χ4n) is 3.60. The zero-order chi connectivity index (χ0) is 20.4. The van der Waals surface area contributed by atoms with Gasteiger partial charge in [0.1, 0.15) is 0 Å². The first kappa shape index (κ1) is 19.8. The first-order valence-corrected chi connectivity index (χ1v) is 11.2. The van der Waals surface area contributed by atoms with Gasteiger partial charge >= 0.3 is 6.03 Å². The van der Waals surface area contributed by atoms with E-state index in [-0.39, 0.29) is 23.5 Å². The van der Waals surface area contributed by atoms with E-state index in [1.165, 1.54) is 12.1 Å². The van der Waals surface area contributed by atoms with E-state index < -0.39 is 10.0 Å². The molecule has 1 aliphatic rings. The molecule has 1 saturated heterocycles. The Balaban J connectivity index is 1.43. The number of nitrogens with one attached hydrogen (secondary N) is 3. The Morgan fingerprint density at radius 3 is 2.86 bits per heavy atom. The number of carbonyl (C=O) groups is 1. The lowest BCUT2D eigenvalue weighted by molar-refractivity contribution is 0.207. The lowest BCUT2D eigenvalue weighted by Crippen LogP contribution is -2.44. The Kier molecular flexibility index (Phi) is 5.49.